The first-order chi connectivity index (χ1) is 8.88. The van der Waals surface area contributed by atoms with Crippen molar-refractivity contribution in [1.29, 1.82) is 0 Å². The molecule has 0 aromatic heterocycles. The lowest BCUT2D eigenvalue weighted by Gasteiger charge is -2.08. The van der Waals surface area contributed by atoms with Crippen LogP contribution in [0.1, 0.15) is 5.56 Å². The first-order valence-electron chi connectivity index (χ1n) is 5.43. The largest absolute Gasteiger partial charge is 0.280 e. The van der Waals surface area contributed by atoms with Crippen LogP contribution < -0.4 is 4.72 Å². The zero-order valence-corrected chi connectivity index (χ0v) is 10.8. The number of hydrogen-bond acceptors (Lipinski definition) is 2. The van der Waals surface area contributed by atoms with Gasteiger partial charge in [0.05, 0.1) is 10.6 Å². The number of benzene rings is 2. The minimum atomic E-state index is -3.80. The Balaban J connectivity index is 2.33. The first kappa shape index (κ1) is 13.5. The highest BCUT2D eigenvalue weighted by molar-refractivity contribution is 7.92. The molecule has 1 N–H and O–H groups in total. The minimum Gasteiger partial charge on any atom is -0.280 e. The van der Waals surface area contributed by atoms with Gasteiger partial charge in [0.2, 0.25) is 0 Å². The molecule has 0 aliphatic rings. The summed E-state index contributed by atoms with van der Waals surface area (Å²) >= 11 is 0. The predicted octanol–water partition coefficient (Wildman–Crippen LogP) is 3.07. The van der Waals surface area contributed by atoms with Gasteiger partial charge in [-0.2, -0.15) is 0 Å². The third-order valence-corrected chi connectivity index (χ3v) is 3.85. The summed E-state index contributed by atoms with van der Waals surface area (Å²) in [4.78, 5) is 0.0669. The fourth-order valence-electron chi connectivity index (χ4n) is 1.56. The molecular weight excluding hydrogens is 272 g/mol. The van der Waals surface area contributed by atoms with E-state index in [4.69, 9.17) is 0 Å². The van der Waals surface area contributed by atoms with Gasteiger partial charge in [-0.15, -0.1) is 0 Å². The van der Waals surface area contributed by atoms with Gasteiger partial charge in [0, 0.05) is 6.07 Å². The highest BCUT2D eigenvalue weighted by Gasteiger charge is 2.15. The Bertz CT molecular complexity index is 714. The Morgan fingerprint density at radius 2 is 1.74 bits per heavy atom. The van der Waals surface area contributed by atoms with Crippen molar-refractivity contribution in [2.24, 2.45) is 0 Å². The quantitative estimate of drug-likeness (QED) is 0.941. The van der Waals surface area contributed by atoms with Crippen LogP contribution in [0, 0.1) is 18.6 Å². The Morgan fingerprint density at radius 1 is 1.00 bits per heavy atom. The maximum absolute atomic E-state index is 13.0. The van der Waals surface area contributed by atoms with Gasteiger partial charge in [-0.25, -0.2) is 17.2 Å². The van der Waals surface area contributed by atoms with E-state index >= 15 is 0 Å². The molecule has 0 amide bonds. The molecule has 0 atom stereocenters. The minimum absolute atomic E-state index is 0.0274. The highest BCUT2D eigenvalue weighted by Crippen LogP contribution is 2.18. The molecule has 0 unspecified atom stereocenters. The van der Waals surface area contributed by atoms with Crippen LogP contribution in [-0.4, -0.2) is 8.42 Å². The Labute approximate surface area is 109 Å². The van der Waals surface area contributed by atoms with Gasteiger partial charge < -0.3 is 0 Å². The molecule has 3 nitrogen and oxygen atoms in total. The van der Waals surface area contributed by atoms with Crippen LogP contribution in [0.3, 0.4) is 0 Å². The standard InChI is InChI=1S/C13H11F2NO2S/c1-9-3-2-4-11(7-9)19(17,18)16-10-5-6-12(14)13(15)8-10/h2-8,16H,1H3. The molecule has 0 aliphatic heterocycles. The summed E-state index contributed by atoms with van der Waals surface area (Å²) in [7, 11) is -3.80. The van der Waals surface area contributed by atoms with E-state index in [1.807, 2.05) is 0 Å². The van der Waals surface area contributed by atoms with Gasteiger partial charge in [0.1, 0.15) is 0 Å². The van der Waals surface area contributed by atoms with E-state index in [1.165, 1.54) is 12.1 Å². The number of sulfonamides is 1. The van der Waals surface area contributed by atoms with Crippen molar-refractivity contribution < 1.29 is 17.2 Å². The molecule has 0 saturated heterocycles. The average molecular weight is 283 g/mol. The number of nitrogens with one attached hydrogen (secondary N) is 1. The van der Waals surface area contributed by atoms with Gasteiger partial charge in [0.25, 0.3) is 10.0 Å². The second-order valence-corrected chi connectivity index (χ2v) is 5.73. The van der Waals surface area contributed by atoms with Crippen LogP contribution in [0.2, 0.25) is 0 Å². The molecule has 0 bridgehead atoms. The van der Waals surface area contributed by atoms with Crippen LogP contribution in [0.25, 0.3) is 0 Å². The number of halogens is 2. The van der Waals surface area contributed by atoms with Crippen molar-refractivity contribution in [3.8, 4) is 0 Å². The summed E-state index contributed by atoms with van der Waals surface area (Å²) < 4.78 is 52.0. The van der Waals surface area contributed by atoms with Crippen molar-refractivity contribution >= 4 is 15.7 Å². The molecule has 0 spiro atoms. The molecule has 0 aliphatic carbocycles. The second-order valence-electron chi connectivity index (χ2n) is 4.05. The lowest BCUT2D eigenvalue weighted by molar-refractivity contribution is 0.509. The smallest absolute Gasteiger partial charge is 0.261 e. The van der Waals surface area contributed by atoms with Crippen LogP contribution in [0.5, 0.6) is 0 Å². The molecule has 2 aromatic rings. The van der Waals surface area contributed by atoms with Crippen molar-refractivity contribution in [1.82, 2.24) is 0 Å². The zero-order valence-electron chi connectivity index (χ0n) is 10.0. The predicted molar refractivity (Wildman–Crippen MR) is 68.3 cm³/mol. The Kier molecular flexibility index (Phi) is 3.53. The molecule has 0 fully saturated rings. The van der Waals surface area contributed by atoms with E-state index in [-0.39, 0.29) is 10.6 Å². The summed E-state index contributed by atoms with van der Waals surface area (Å²) in [5.41, 5.74) is 0.758. The molecule has 6 heteroatoms. The SMILES string of the molecule is Cc1cccc(S(=O)(=O)Nc2ccc(F)c(F)c2)c1. The fraction of sp³-hybridized carbons (Fsp3) is 0.0769. The van der Waals surface area contributed by atoms with Crippen LogP contribution >= 0.6 is 0 Å². The second kappa shape index (κ2) is 4.97. The number of aryl methyl sites for hydroxylation is 1. The first-order valence-corrected chi connectivity index (χ1v) is 6.91. The molecule has 2 aromatic carbocycles. The zero-order chi connectivity index (χ0) is 14.0. The third kappa shape index (κ3) is 3.08. The van der Waals surface area contributed by atoms with Crippen LogP contribution in [-0.2, 0) is 10.0 Å². The highest BCUT2D eigenvalue weighted by atomic mass is 32.2. The molecule has 2 rings (SSSR count). The van der Waals surface area contributed by atoms with Crippen molar-refractivity contribution in [3.63, 3.8) is 0 Å². The monoisotopic (exact) mass is 283 g/mol. The normalized spacial score (nSPS) is 11.3. The van der Waals surface area contributed by atoms with E-state index in [0.717, 1.165) is 23.8 Å². The van der Waals surface area contributed by atoms with Crippen molar-refractivity contribution in [2.75, 3.05) is 4.72 Å². The van der Waals surface area contributed by atoms with Gasteiger partial charge in [-0.3, -0.25) is 4.72 Å². The van der Waals surface area contributed by atoms with E-state index in [9.17, 15) is 17.2 Å². The Morgan fingerprint density at radius 3 is 2.37 bits per heavy atom. The molecular formula is C13H11F2NO2S. The summed E-state index contributed by atoms with van der Waals surface area (Å²) in [6.45, 7) is 1.76. The van der Waals surface area contributed by atoms with Crippen LogP contribution in [0.15, 0.2) is 47.4 Å². The van der Waals surface area contributed by atoms with Gasteiger partial charge in [-0.05, 0) is 36.8 Å². The lowest BCUT2D eigenvalue weighted by Crippen LogP contribution is -2.13. The topological polar surface area (TPSA) is 46.2 Å². The average Bonchev–Trinajstić information content (AvgIpc) is 2.33. The van der Waals surface area contributed by atoms with Crippen molar-refractivity contribution in [3.05, 3.63) is 59.7 Å². The fourth-order valence-corrected chi connectivity index (χ4v) is 2.71. The third-order valence-electron chi connectivity index (χ3n) is 2.47. The maximum atomic E-state index is 13.0. The van der Waals surface area contributed by atoms with E-state index in [0.29, 0.717) is 0 Å². The van der Waals surface area contributed by atoms with Gasteiger partial charge >= 0.3 is 0 Å². The van der Waals surface area contributed by atoms with Crippen molar-refractivity contribution in [2.45, 2.75) is 11.8 Å². The lowest BCUT2D eigenvalue weighted by atomic mass is 10.2. The van der Waals surface area contributed by atoms with Crippen LogP contribution in [0.4, 0.5) is 14.5 Å². The van der Waals surface area contributed by atoms with E-state index in [2.05, 4.69) is 4.72 Å². The Hall–Kier alpha value is -1.95. The summed E-state index contributed by atoms with van der Waals surface area (Å²) in [5.74, 6) is -2.14. The van der Waals surface area contributed by atoms with E-state index < -0.39 is 21.7 Å². The number of hydrogen-bond donors (Lipinski definition) is 1. The summed E-state index contributed by atoms with van der Waals surface area (Å²) in [6.07, 6.45) is 0. The molecule has 0 saturated carbocycles. The molecule has 100 valence electrons. The molecule has 0 heterocycles. The maximum Gasteiger partial charge on any atom is 0.261 e. The summed E-state index contributed by atoms with van der Waals surface area (Å²) in [6, 6.07) is 9.10. The molecule has 0 radical (unpaired) electrons. The summed E-state index contributed by atoms with van der Waals surface area (Å²) in [5, 5.41) is 0. The number of anilines is 1. The van der Waals surface area contributed by atoms with Gasteiger partial charge in [0.15, 0.2) is 11.6 Å². The van der Waals surface area contributed by atoms with Gasteiger partial charge in [-0.1, -0.05) is 12.1 Å². The number of rotatable bonds is 3. The molecule has 19 heavy (non-hydrogen) atoms. The van der Waals surface area contributed by atoms with E-state index in [1.54, 1.807) is 19.1 Å².